The van der Waals surface area contributed by atoms with Crippen LogP contribution >= 0.6 is 31.1 Å². The molecule has 80 heavy (non-hydrogen) atoms. The third-order valence-corrected chi connectivity index (χ3v) is 19.0. The van der Waals surface area contributed by atoms with Crippen molar-refractivity contribution in [1.82, 2.24) is 58.9 Å². The van der Waals surface area contributed by atoms with Crippen LogP contribution in [0.3, 0.4) is 0 Å². The number of hydrogen-bond acceptors (Lipinski definition) is 29. The Morgan fingerprint density at radius 2 is 1.32 bits per heavy atom. The van der Waals surface area contributed by atoms with Crippen LogP contribution in [0.25, 0.3) is 33.5 Å². The van der Waals surface area contributed by atoms with Gasteiger partial charge in [-0.15, -0.1) is 0 Å². The van der Waals surface area contributed by atoms with Gasteiger partial charge in [0.05, 0.1) is 57.4 Å². The van der Waals surface area contributed by atoms with Gasteiger partial charge in [0.15, 0.2) is 35.1 Å². The summed E-state index contributed by atoms with van der Waals surface area (Å²) in [5.41, 5.74) is 13.4. The average Bonchev–Trinajstić information content (AvgIpc) is 4.34. The molecule has 0 bridgehead atoms. The van der Waals surface area contributed by atoms with E-state index in [-0.39, 0.29) is 64.2 Å². The van der Waals surface area contributed by atoms with Crippen molar-refractivity contribution < 1.29 is 104 Å². The second-order valence-corrected chi connectivity index (χ2v) is 24.8. The van der Waals surface area contributed by atoms with E-state index in [4.69, 9.17) is 49.7 Å². The van der Waals surface area contributed by atoms with Crippen molar-refractivity contribution in [2.75, 3.05) is 50.7 Å². The summed E-state index contributed by atoms with van der Waals surface area (Å²) in [6.07, 6.45) is -11.4. The number of ether oxygens (including phenoxy) is 4. The van der Waals surface area contributed by atoms with Crippen molar-refractivity contribution in [2.24, 2.45) is 13.0 Å². The maximum Gasteiger partial charge on any atom is 0.490 e. The van der Waals surface area contributed by atoms with Crippen LogP contribution in [-0.4, -0.2) is 171 Å². The van der Waals surface area contributed by atoms with E-state index in [0.717, 1.165) is 35.2 Å². The molecular formula is C37H52N16O23P4. The summed E-state index contributed by atoms with van der Waals surface area (Å²) in [5.74, 6) is -2.34. The summed E-state index contributed by atoms with van der Waals surface area (Å²) in [7, 11) is -21.2. The highest BCUT2D eigenvalue weighted by Crippen LogP contribution is 2.68. The molecule has 4 unspecified atom stereocenters. The molecule has 3 saturated heterocycles. The second-order valence-electron chi connectivity index (χ2n) is 18.2. The molecular weight excluding hydrogens is 1160 g/mol. The van der Waals surface area contributed by atoms with Gasteiger partial charge in [0, 0.05) is 26.0 Å². The van der Waals surface area contributed by atoms with E-state index in [2.05, 4.69) is 53.8 Å². The van der Waals surface area contributed by atoms with Crippen molar-refractivity contribution in [2.45, 2.75) is 86.8 Å². The zero-order valence-corrected chi connectivity index (χ0v) is 45.2. The summed E-state index contributed by atoms with van der Waals surface area (Å²) in [5, 5.41) is 36.1. The van der Waals surface area contributed by atoms with Gasteiger partial charge in [0.25, 0.3) is 16.7 Å². The number of fused-ring (bicyclic) bond motifs is 3. The fourth-order valence-corrected chi connectivity index (χ4v) is 14.6. The average molecular weight is 1210 g/mol. The number of methoxy groups -OCH3 is 1. The predicted octanol–water partition coefficient (Wildman–Crippen LogP) is -4.10. The van der Waals surface area contributed by atoms with Crippen LogP contribution in [0.1, 0.15) is 38.4 Å². The Balaban J connectivity index is 0.894. The molecule has 0 aromatic carbocycles. The van der Waals surface area contributed by atoms with E-state index in [1.54, 1.807) is 6.92 Å². The summed E-state index contributed by atoms with van der Waals surface area (Å²) in [4.78, 5) is 113. The van der Waals surface area contributed by atoms with Gasteiger partial charge in [-0.3, -0.25) is 42.5 Å². The number of aryl methyl sites for hydroxylation is 1. The lowest BCUT2D eigenvalue weighted by Crippen LogP contribution is -2.40. The number of aliphatic hydroxyl groups excluding tert-OH is 3. The van der Waals surface area contributed by atoms with E-state index in [1.807, 2.05) is 0 Å². The number of nitrogens with one attached hydrogen (secondary N) is 3. The van der Waals surface area contributed by atoms with Crippen LogP contribution in [0.4, 0.5) is 17.7 Å². The summed E-state index contributed by atoms with van der Waals surface area (Å²) in [6.45, 7) is -2.01. The minimum Gasteiger partial charge on any atom is -0.778 e. The molecule has 438 valence electrons. The zero-order chi connectivity index (χ0) is 58.0. The number of aromatic nitrogens is 12. The van der Waals surface area contributed by atoms with Crippen LogP contribution in [-0.2, 0) is 71.2 Å². The molecule has 0 aliphatic carbocycles. The predicted molar refractivity (Wildman–Crippen MR) is 261 cm³/mol. The van der Waals surface area contributed by atoms with Gasteiger partial charge < -0.3 is 85.4 Å². The lowest BCUT2D eigenvalue weighted by atomic mass is 9.98. The number of phosphoric acid groups is 3. The Hall–Kier alpha value is -5.60. The third kappa shape index (κ3) is 11.9. The first-order valence-corrected chi connectivity index (χ1v) is 29.6. The highest BCUT2D eigenvalue weighted by atomic mass is 31.3. The highest BCUT2D eigenvalue weighted by molar-refractivity contribution is 7.66. The van der Waals surface area contributed by atoms with E-state index < -0.39 is 141 Å². The number of nitrogen functional groups attached to an aromatic ring is 3. The largest absolute Gasteiger partial charge is 0.778 e. The second kappa shape index (κ2) is 22.6. The monoisotopic (exact) mass is 1210 g/mol. The normalized spacial score (nSPS) is 29.2. The Morgan fingerprint density at radius 1 is 0.750 bits per heavy atom. The lowest BCUT2D eigenvalue weighted by molar-refractivity contribution is -0.646. The maximum absolute atomic E-state index is 14.4. The first kappa shape index (κ1) is 59.0. The molecule has 3 fully saturated rings. The summed E-state index contributed by atoms with van der Waals surface area (Å²) >= 11 is 0. The minimum atomic E-state index is -6.26. The van der Waals surface area contributed by atoms with E-state index >= 15 is 0 Å². The van der Waals surface area contributed by atoms with E-state index in [9.17, 15) is 67.5 Å². The van der Waals surface area contributed by atoms with Gasteiger partial charge in [0.1, 0.15) is 50.0 Å². The molecule has 3 aliphatic rings. The van der Waals surface area contributed by atoms with Gasteiger partial charge in [-0.05, 0) is 6.42 Å². The Labute approximate surface area is 446 Å². The van der Waals surface area contributed by atoms with Crippen molar-refractivity contribution in [3.63, 3.8) is 0 Å². The van der Waals surface area contributed by atoms with Gasteiger partial charge in [-0.1, -0.05) is 6.92 Å². The number of aliphatic hydroxyl groups is 3. The SMILES string of the molecule is CCCC(=O)NC[C@H]1[C@@H](O)[C@H](n2c[n+](C)c3c(=O)[nH]c(N)nc32)O[C@@H]1COP(=O)(O)OP(=O)(O)OP(=O)(O)OC[C@H]1O[C@@H](n2cnc3c(N)ncnc32)[C@H](OC)[C@@H]1P(=O)([O-])OC[C@H]1O[C@@H](n2cnc3c(=O)[nH]c(N)nc32)[C@H](O)[C@@H]1O. The molecule has 3 aliphatic heterocycles. The molecule has 9 rings (SSSR count). The van der Waals surface area contributed by atoms with Crippen LogP contribution in [0, 0.1) is 5.92 Å². The van der Waals surface area contributed by atoms with Gasteiger partial charge >= 0.3 is 29.0 Å². The molecule has 9 heterocycles. The van der Waals surface area contributed by atoms with Gasteiger partial charge in [0.2, 0.25) is 30.4 Å². The molecule has 1 amide bonds. The Bertz CT molecular complexity index is 3640. The number of anilines is 3. The van der Waals surface area contributed by atoms with Crippen molar-refractivity contribution >= 4 is 88.2 Å². The van der Waals surface area contributed by atoms with Gasteiger partial charge in [-0.2, -0.15) is 23.2 Å². The number of rotatable bonds is 22. The number of imidazole rings is 3. The zero-order valence-electron chi connectivity index (χ0n) is 41.6. The number of nitrogens with zero attached hydrogens (tertiary/aromatic N) is 10. The first-order valence-electron chi connectivity index (χ1n) is 23.5. The molecule has 39 nitrogen and oxygen atoms in total. The number of carbonyl (C=O) groups is 1. The fraction of sp³-hybridized carbons (Fsp3) is 0.568. The molecule has 6 aromatic rings. The summed E-state index contributed by atoms with van der Waals surface area (Å²) < 4.78 is 106. The van der Waals surface area contributed by atoms with Crippen LogP contribution in [0.5, 0.6) is 0 Å². The third-order valence-electron chi connectivity index (χ3n) is 12.9. The van der Waals surface area contributed by atoms with Crippen LogP contribution in [0.15, 0.2) is 34.9 Å². The van der Waals surface area contributed by atoms with E-state index in [1.165, 1.54) is 22.5 Å². The molecule has 16 atom stereocenters. The maximum atomic E-state index is 14.4. The standard InChI is InChI=1S/C37H52N16O23P4/c1-4-5-18(54)41-6-14-15(72-33(22(14)55)53-13-50(2)21-30(53)47-37(40)49-32(21)59)7-70-78(62,63)75-80(66,67)76-79(64,65)71-9-17-26(25(68-3)35(74-17)51-11-44-19-27(38)42-10-43-28(19)51)77(60,61)69-8-16-23(56)24(57)34(73-16)52-12-45-20-29(52)46-36(39)48-31(20)58/h10-17,22-26,33-35,55-57H,4-9H2,1-3H3,(H12-,38,39,40,41,42,43,46,47,48,49,54,58,59,60,61,62,63,64,65,66,67)/t14-,15-,16-,17-,22-,23-,24-,25-,26-,33-,34-,35-/m1/s1. The number of aromatic amines is 2. The Morgan fingerprint density at radius 3 is 1.99 bits per heavy atom. The van der Waals surface area contributed by atoms with Crippen LogP contribution < -0.4 is 43.1 Å². The minimum absolute atomic E-state index is 0.000296. The Kier molecular flexibility index (Phi) is 16.7. The fourth-order valence-electron chi connectivity index (χ4n) is 9.36. The van der Waals surface area contributed by atoms with Crippen molar-refractivity contribution in [3.05, 3.63) is 46.0 Å². The molecule has 0 spiro atoms. The number of nitrogens with two attached hydrogens (primary N) is 3. The molecule has 0 radical (unpaired) electrons. The number of carbonyl (C=O) groups excluding carboxylic acids is 1. The molecule has 15 N–H and O–H groups in total. The first-order chi connectivity index (χ1) is 37.6. The molecule has 0 saturated carbocycles. The van der Waals surface area contributed by atoms with Crippen molar-refractivity contribution in [3.8, 4) is 0 Å². The smallest absolute Gasteiger partial charge is 0.490 e. The van der Waals surface area contributed by atoms with Gasteiger partial charge in [-0.25, -0.2) is 38.2 Å². The van der Waals surface area contributed by atoms with E-state index in [0.29, 0.717) is 6.42 Å². The lowest BCUT2D eigenvalue weighted by Gasteiger charge is -2.35. The number of phosphoric ester groups is 2. The number of hydrogen-bond donors (Lipinski definition) is 12. The topological polar surface area (TPSA) is 565 Å². The van der Waals surface area contributed by atoms with Crippen molar-refractivity contribution in [1.29, 1.82) is 0 Å². The quantitative estimate of drug-likeness (QED) is 0.0227. The number of H-pyrrole nitrogens is 2. The number of amides is 1. The highest BCUT2D eigenvalue weighted by Gasteiger charge is 2.55. The summed E-state index contributed by atoms with van der Waals surface area (Å²) in [6, 6.07) is 0. The van der Waals surface area contributed by atoms with Crippen LogP contribution in [0.2, 0.25) is 0 Å². The molecule has 43 heteroatoms. The molecule has 6 aromatic heterocycles.